The molecule has 0 aliphatic heterocycles. The monoisotopic (exact) mass is 339 g/mol. The topological polar surface area (TPSA) is 53.2 Å². The Kier molecular flexibility index (Phi) is 4.47. The lowest BCUT2D eigenvalue weighted by molar-refractivity contribution is 0.562. The molecule has 3 rings (SSSR count). The summed E-state index contributed by atoms with van der Waals surface area (Å²) in [7, 11) is 1.94. The van der Waals surface area contributed by atoms with Crippen molar-refractivity contribution in [3.63, 3.8) is 0 Å². The summed E-state index contributed by atoms with van der Waals surface area (Å²) in [5.74, 6) is 0. The molecule has 0 amide bonds. The molecule has 0 N–H and O–H groups in total. The molecular formula is C19H21N3OS. The maximum atomic E-state index is 12.2. The molecule has 4 nitrogen and oxygen atoms in total. The average Bonchev–Trinajstić information content (AvgIpc) is 2.89. The van der Waals surface area contributed by atoms with E-state index in [4.69, 9.17) is 0 Å². The van der Waals surface area contributed by atoms with Gasteiger partial charge in [0.1, 0.15) is 21.8 Å². The minimum absolute atomic E-state index is 0.372. The van der Waals surface area contributed by atoms with E-state index in [1.807, 2.05) is 68.9 Å². The molecule has 0 radical (unpaired) electrons. The SMILES string of the molecule is Cn1nc(-c2ccccc2C=N[S+]([O-])C(C)(C)C)c2ccccc21. The van der Waals surface area contributed by atoms with Gasteiger partial charge in [-0.05, 0) is 26.8 Å². The van der Waals surface area contributed by atoms with E-state index in [1.165, 1.54) is 0 Å². The van der Waals surface area contributed by atoms with Gasteiger partial charge in [-0.25, -0.2) is 0 Å². The Bertz CT molecular complexity index is 893. The zero-order chi connectivity index (χ0) is 17.3. The number of fused-ring (bicyclic) bond motifs is 1. The van der Waals surface area contributed by atoms with Crippen LogP contribution in [0.25, 0.3) is 22.2 Å². The third-order valence-electron chi connectivity index (χ3n) is 3.79. The van der Waals surface area contributed by atoms with Crippen molar-refractivity contribution >= 4 is 28.5 Å². The van der Waals surface area contributed by atoms with Crippen molar-refractivity contribution in [1.82, 2.24) is 9.78 Å². The van der Waals surface area contributed by atoms with Gasteiger partial charge in [0, 0.05) is 23.6 Å². The van der Waals surface area contributed by atoms with Crippen molar-refractivity contribution in [2.45, 2.75) is 25.5 Å². The lowest BCUT2D eigenvalue weighted by Gasteiger charge is -2.17. The highest BCUT2D eigenvalue weighted by atomic mass is 32.2. The third kappa shape index (κ3) is 3.23. The van der Waals surface area contributed by atoms with E-state index in [1.54, 1.807) is 6.21 Å². The van der Waals surface area contributed by atoms with Crippen molar-refractivity contribution < 1.29 is 4.55 Å². The highest BCUT2D eigenvalue weighted by molar-refractivity contribution is 7.91. The van der Waals surface area contributed by atoms with Gasteiger partial charge in [0.15, 0.2) is 0 Å². The second kappa shape index (κ2) is 6.42. The van der Waals surface area contributed by atoms with Crippen LogP contribution in [0.3, 0.4) is 0 Å². The molecular weight excluding hydrogens is 318 g/mol. The fraction of sp³-hybridized carbons (Fsp3) is 0.263. The first kappa shape index (κ1) is 16.7. The molecule has 2 aromatic carbocycles. The molecule has 5 heteroatoms. The van der Waals surface area contributed by atoms with Gasteiger partial charge in [0.05, 0.1) is 11.7 Å². The zero-order valence-electron chi connectivity index (χ0n) is 14.4. The van der Waals surface area contributed by atoms with E-state index in [9.17, 15) is 4.55 Å². The molecule has 24 heavy (non-hydrogen) atoms. The molecule has 1 heterocycles. The Hall–Kier alpha value is -2.11. The van der Waals surface area contributed by atoms with Crippen molar-refractivity contribution in [2.75, 3.05) is 0 Å². The van der Waals surface area contributed by atoms with E-state index in [0.29, 0.717) is 0 Å². The van der Waals surface area contributed by atoms with Crippen LogP contribution in [-0.2, 0) is 18.4 Å². The number of para-hydroxylation sites is 1. The summed E-state index contributed by atoms with van der Waals surface area (Å²) in [5, 5.41) is 5.77. The van der Waals surface area contributed by atoms with E-state index < -0.39 is 11.4 Å². The van der Waals surface area contributed by atoms with Crippen LogP contribution in [0.15, 0.2) is 52.9 Å². The summed E-state index contributed by atoms with van der Waals surface area (Å²) in [6, 6.07) is 16.1. The highest BCUT2D eigenvalue weighted by Crippen LogP contribution is 2.29. The second-order valence-corrected chi connectivity index (χ2v) is 8.61. The summed E-state index contributed by atoms with van der Waals surface area (Å²) in [5.41, 5.74) is 3.90. The van der Waals surface area contributed by atoms with Crippen LogP contribution in [0.5, 0.6) is 0 Å². The van der Waals surface area contributed by atoms with Gasteiger partial charge in [0.2, 0.25) is 0 Å². The number of aromatic nitrogens is 2. The molecule has 0 aliphatic carbocycles. The van der Waals surface area contributed by atoms with Crippen LogP contribution in [0, 0.1) is 0 Å². The lowest BCUT2D eigenvalue weighted by Crippen LogP contribution is -2.25. The zero-order valence-corrected chi connectivity index (χ0v) is 15.2. The van der Waals surface area contributed by atoms with E-state index in [-0.39, 0.29) is 4.75 Å². The minimum atomic E-state index is -1.28. The normalized spacial score (nSPS) is 13.7. The maximum Gasteiger partial charge on any atom is 0.144 e. The molecule has 3 aromatic rings. The van der Waals surface area contributed by atoms with Crippen molar-refractivity contribution in [2.24, 2.45) is 11.4 Å². The number of aryl methyl sites for hydroxylation is 1. The van der Waals surface area contributed by atoms with Crippen LogP contribution < -0.4 is 0 Å². The molecule has 1 atom stereocenters. The van der Waals surface area contributed by atoms with Gasteiger partial charge < -0.3 is 4.55 Å². The van der Waals surface area contributed by atoms with Crippen molar-refractivity contribution in [1.29, 1.82) is 0 Å². The van der Waals surface area contributed by atoms with Gasteiger partial charge >= 0.3 is 0 Å². The van der Waals surface area contributed by atoms with Crippen molar-refractivity contribution in [3.05, 3.63) is 54.1 Å². The van der Waals surface area contributed by atoms with Gasteiger partial charge in [-0.15, -0.1) is 0 Å². The van der Waals surface area contributed by atoms with Crippen LogP contribution in [0.2, 0.25) is 0 Å². The number of benzene rings is 2. The lowest BCUT2D eigenvalue weighted by atomic mass is 10.0. The summed E-state index contributed by atoms with van der Waals surface area (Å²) >= 11 is -1.28. The number of hydrogen-bond donors (Lipinski definition) is 0. The predicted octanol–water partition coefficient (Wildman–Crippen LogP) is 4.12. The highest BCUT2D eigenvalue weighted by Gasteiger charge is 2.26. The van der Waals surface area contributed by atoms with E-state index in [0.717, 1.165) is 27.7 Å². The first-order chi connectivity index (χ1) is 11.4. The molecule has 0 bridgehead atoms. The van der Waals surface area contributed by atoms with Crippen LogP contribution in [-0.4, -0.2) is 25.3 Å². The van der Waals surface area contributed by atoms with Gasteiger partial charge in [0.25, 0.3) is 0 Å². The van der Waals surface area contributed by atoms with Crippen LogP contribution in [0.4, 0.5) is 0 Å². The largest absolute Gasteiger partial charge is 0.591 e. The van der Waals surface area contributed by atoms with Gasteiger partial charge in [-0.3, -0.25) is 4.68 Å². The summed E-state index contributed by atoms with van der Waals surface area (Å²) in [4.78, 5) is 0. The Labute approximate surface area is 145 Å². The number of nitrogens with zero attached hydrogens (tertiary/aromatic N) is 3. The van der Waals surface area contributed by atoms with Crippen molar-refractivity contribution in [3.8, 4) is 11.3 Å². The Balaban J connectivity index is 2.08. The molecule has 0 saturated heterocycles. The quantitative estimate of drug-likeness (QED) is 0.532. The molecule has 0 spiro atoms. The molecule has 1 unspecified atom stereocenters. The van der Waals surface area contributed by atoms with Crippen LogP contribution >= 0.6 is 0 Å². The maximum absolute atomic E-state index is 12.2. The first-order valence-corrected chi connectivity index (χ1v) is 8.96. The van der Waals surface area contributed by atoms with Crippen LogP contribution in [0.1, 0.15) is 26.3 Å². The first-order valence-electron chi connectivity index (χ1n) is 7.85. The van der Waals surface area contributed by atoms with Gasteiger partial charge in [-0.1, -0.05) is 46.9 Å². The van der Waals surface area contributed by atoms with E-state index in [2.05, 4.69) is 21.6 Å². The predicted molar refractivity (Wildman–Crippen MR) is 102 cm³/mol. The summed E-state index contributed by atoms with van der Waals surface area (Å²) < 4.78 is 18.0. The average molecular weight is 339 g/mol. The summed E-state index contributed by atoms with van der Waals surface area (Å²) in [6.07, 6.45) is 1.69. The third-order valence-corrected chi connectivity index (χ3v) is 5.13. The molecule has 1 aromatic heterocycles. The Morgan fingerprint density at radius 1 is 1.08 bits per heavy atom. The number of rotatable bonds is 3. The Morgan fingerprint density at radius 2 is 1.75 bits per heavy atom. The van der Waals surface area contributed by atoms with Gasteiger partial charge in [-0.2, -0.15) is 5.10 Å². The Morgan fingerprint density at radius 3 is 2.50 bits per heavy atom. The second-order valence-electron chi connectivity index (χ2n) is 6.67. The van der Waals surface area contributed by atoms with E-state index >= 15 is 0 Å². The fourth-order valence-corrected chi connectivity index (χ4v) is 3.03. The molecule has 0 fully saturated rings. The minimum Gasteiger partial charge on any atom is -0.591 e. The smallest absolute Gasteiger partial charge is 0.144 e. The molecule has 124 valence electrons. The summed E-state index contributed by atoms with van der Waals surface area (Å²) in [6.45, 7) is 5.75. The number of hydrogen-bond acceptors (Lipinski definition) is 3. The fourth-order valence-electron chi connectivity index (χ4n) is 2.50. The molecule has 0 aliphatic rings. The standard InChI is InChI=1S/C19H21N3OS/c1-19(2,3)24(23)20-13-14-9-5-6-10-15(14)18-16-11-7-8-12-17(16)22(4)21-18/h5-13H,1-4H3. The molecule has 0 saturated carbocycles.